The van der Waals surface area contributed by atoms with Gasteiger partial charge in [-0.1, -0.05) is 38.0 Å². The number of H-pyrrole nitrogens is 1. The van der Waals surface area contributed by atoms with E-state index < -0.39 is 0 Å². The summed E-state index contributed by atoms with van der Waals surface area (Å²) in [6, 6.07) is 0. The Morgan fingerprint density at radius 3 is 2.94 bits per heavy atom. The first-order valence-corrected chi connectivity index (χ1v) is 7.40. The Morgan fingerprint density at radius 1 is 1.28 bits per heavy atom. The van der Waals surface area contributed by atoms with Crippen LogP contribution in [0.15, 0.2) is 12.5 Å². The monoisotopic (exact) mass is 242 g/mol. The van der Waals surface area contributed by atoms with Crippen LogP contribution in [0.4, 0.5) is 0 Å². The molecule has 2 heteroatoms. The maximum Gasteiger partial charge on any atom is 0.0921 e. The second-order valence-electron chi connectivity index (χ2n) is 5.82. The summed E-state index contributed by atoms with van der Waals surface area (Å²) >= 11 is 0. The molecule has 0 aromatic carbocycles. The summed E-state index contributed by atoms with van der Waals surface area (Å²) in [7, 11) is 0. The van der Waals surface area contributed by atoms with E-state index in [1.54, 1.807) is 6.33 Å². The van der Waals surface area contributed by atoms with E-state index >= 15 is 0 Å². The summed E-state index contributed by atoms with van der Waals surface area (Å²) in [5.74, 6) is 9.04. The van der Waals surface area contributed by atoms with Crippen LogP contribution in [0.5, 0.6) is 0 Å². The normalized spacial score (nSPS) is 27.6. The summed E-state index contributed by atoms with van der Waals surface area (Å²) in [5, 5.41) is 0. The molecule has 0 amide bonds. The molecule has 96 valence electrons. The number of hydrogen-bond donors (Lipinski definition) is 1. The van der Waals surface area contributed by atoms with Crippen LogP contribution in [-0.2, 0) is 0 Å². The van der Waals surface area contributed by atoms with E-state index in [1.165, 1.54) is 50.6 Å². The molecule has 0 radical (unpaired) electrons. The number of imidazole rings is 1. The molecule has 1 aromatic rings. The maximum absolute atomic E-state index is 4.07. The van der Waals surface area contributed by atoms with Gasteiger partial charge in [0.1, 0.15) is 0 Å². The third-order valence-corrected chi connectivity index (χ3v) is 4.40. The van der Waals surface area contributed by atoms with Crippen LogP contribution >= 0.6 is 0 Å². The lowest BCUT2D eigenvalue weighted by molar-refractivity contribution is 0.342. The molecule has 1 N–H and O–H groups in total. The second kappa shape index (κ2) is 5.61. The first-order chi connectivity index (χ1) is 8.93. The van der Waals surface area contributed by atoms with Gasteiger partial charge in [0.25, 0.3) is 0 Å². The molecule has 0 unspecified atom stereocenters. The Bertz CT molecular complexity index is 418. The molecule has 3 rings (SSSR count). The van der Waals surface area contributed by atoms with E-state index in [1.807, 2.05) is 6.20 Å². The predicted octanol–water partition coefficient (Wildman–Crippen LogP) is 3.88. The summed E-state index contributed by atoms with van der Waals surface area (Å²) in [4.78, 5) is 7.26. The molecule has 18 heavy (non-hydrogen) atoms. The van der Waals surface area contributed by atoms with Crippen LogP contribution in [0.3, 0.4) is 0 Å². The minimum absolute atomic E-state index is 0.594. The molecule has 1 heterocycles. The van der Waals surface area contributed by atoms with Gasteiger partial charge >= 0.3 is 0 Å². The van der Waals surface area contributed by atoms with Gasteiger partial charge in [-0.25, -0.2) is 4.98 Å². The highest BCUT2D eigenvalue weighted by Crippen LogP contribution is 2.45. The van der Waals surface area contributed by atoms with Crippen molar-refractivity contribution in [1.82, 2.24) is 9.97 Å². The van der Waals surface area contributed by atoms with E-state index in [2.05, 4.69) is 21.8 Å². The summed E-state index contributed by atoms with van der Waals surface area (Å²) in [6.45, 7) is 0. The van der Waals surface area contributed by atoms with E-state index in [0.717, 1.165) is 12.3 Å². The van der Waals surface area contributed by atoms with Crippen molar-refractivity contribution in [2.75, 3.05) is 0 Å². The summed E-state index contributed by atoms with van der Waals surface area (Å²) in [6.07, 6.45) is 14.6. The minimum Gasteiger partial charge on any atom is -0.348 e. The van der Waals surface area contributed by atoms with Crippen molar-refractivity contribution in [1.29, 1.82) is 0 Å². The zero-order chi connectivity index (χ0) is 12.2. The Balaban J connectivity index is 1.38. The van der Waals surface area contributed by atoms with Gasteiger partial charge in [0, 0.05) is 30.1 Å². The molecule has 0 aliphatic heterocycles. The van der Waals surface area contributed by atoms with Crippen LogP contribution < -0.4 is 0 Å². The smallest absolute Gasteiger partial charge is 0.0921 e. The SMILES string of the molecule is C(#C[C@H]1C[C@@H]1c1cnc[nH]1)CCC1CCCCC1. The number of aromatic amines is 1. The van der Waals surface area contributed by atoms with Crippen molar-refractivity contribution < 1.29 is 0 Å². The van der Waals surface area contributed by atoms with Crippen molar-refractivity contribution in [2.45, 2.75) is 57.3 Å². The number of hydrogen-bond acceptors (Lipinski definition) is 1. The molecule has 2 aliphatic carbocycles. The number of rotatable bonds is 3. The predicted molar refractivity (Wildman–Crippen MR) is 73.0 cm³/mol. The Kier molecular flexibility index (Phi) is 3.69. The molecule has 2 nitrogen and oxygen atoms in total. The topological polar surface area (TPSA) is 28.7 Å². The average Bonchev–Trinajstić information content (AvgIpc) is 2.98. The van der Waals surface area contributed by atoms with Gasteiger partial charge in [-0.05, 0) is 18.8 Å². The number of aromatic nitrogens is 2. The number of nitrogens with zero attached hydrogens (tertiary/aromatic N) is 1. The molecule has 1 aromatic heterocycles. The quantitative estimate of drug-likeness (QED) is 0.801. The lowest BCUT2D eigenvalue weighted by atomic mass is 9.86. The Hall–Kier alpha value is -1.23. The second-order valence-corrected chi connectivity index (χ2v) is 5.82. The minimum atomic E-state index is 0.594. The first kappa shape index (κ1) is 11.8. The van der Waals surface area contributed by atoms with E-state index in [9.17, 15) is 0 Å². The average molecular weight is 242 g/mol. The molecule has 2 atom stereocenters. The molecule has 2 fully saturated rings. The fourth-order valence-corrected chi connectivity index (χ4v) is 3.12. The highest BCUT2D eigenvalue weighted by Gasteiger charge is 2.37. The lowest BCUT2D eigenvalue weighted by Crippen LogP contribution is -2.05. The van der Waals surface area contributed by atoms with Crippen molar-refractivity contribution in [3.63, 3.8) is 0 Å². The summed E-state index contributed by atoms with van der Waals surface area (Å²) < 4.78 is 0. The van der Waals surface area contributed by atoms with Gasteiger partial charge in [-0.15, -0.1) is 5.92 Å². The number of nitrogens with one attached hydrogen (secondary N) is 1. The Morgan fingerprint density at radius 2 is 2.17 bits per heavy atom. The van der Waals surface area contributed by atoms with Crippen molar-refractivity contribution in [2.24, 2.45) is 11.8 Å². The highest BCUT2D eigenvalue weighted by molar-refractivity contribution is 5.24. The van der Waals surface area contributed by atoms with E-state index in [4.69, 9.17) is 0 Å². The van der Waals surface area contributed by atoms with Crippen LogP contribution in [0.1, 0.15) is 63.0 Å². The molecule has 0 saturated heterocycles. The van der Waals surface area contributed by atoms with Crippen molar-refractivity contribution in [3.05, 3.63) is 18.2 Å². The van der Waals surface area contributed by atoms with Gasteiger partial charge in [-0.2, -0.15) is 0 Å². The van der Waals surface area contributed by atoms with Gasteiger partial charge < -0.3 is 4.98 Å². The van der Waals surface area contributed by atoms with Crippen LogP contribution in [0.2, 0.25) is 0 Å². The van der Waals surface area contributed by atoms with Crippen molar-refractivity contribution >= 4 is 0 Å². The third-order valence-electron chi connectivity index (χ3n) is 4.40. The maximum atomic E-state index is 4.07. The summed E-state index contributed by atoms with van der Waals surface area (Å²) in [5.41, 5.74) is 1.27. The van der Waals surface area contributed by atoms with Crippen LogP contribution in [0.25, 0.3) is 0 Å². The lowest BCUT2D eigenvalue weighted by Gasteiger charge is -2.20. The molecule has 0 spiro atoms. The van der Waals surface area contributed by atoms with Gasteiger partial charge in [0.2, 0.25) is 0 Å². The highest BCUT2D eigenvalue weighted by atomic mass is 14.9. The first-order valence-electron chi connectivity index (χ1n) is 7.40. The molecular weight excluding hydrogens is 220 g/mol. The van der Waals surface area contributed by atoms with Crippen molar-refractivity contribution in [3.8, 4) is 11.8 Å². The van der Waals surface area contributed by atoms with Gasteiger partial charge in [0.15, 0.2) is 0 Å². The van der Waals surface area contributed by atoms with E-state index in [-0.39, 0.29) is 0 Å². The van der Waals surface area contributed by atoms with E-state index in [0.29, 0.717) is 11.8 Å². The largest absolute Gasteiger partial charge is 0.348 e. The third kappa shape index (κ3) is 2.96. The van der Waals surface area contributed by atoms with Gasteiger partial charge in [0.05, 0.1) is 6.33 Å². The zero-order valence-corrected chi connectivity index (χ0v) is 11.0. The van der Waals surface area contributed by atoms with Gasteiger partial charge in [-0.3, -0.25) is 0 Å². The molecule has 0 bridgehead atoms. The zero-order valence-electron chi connectivity index (χ0n) is 11.0. The molecule has 2 aliphatic rings. The molecule has 2 saturated carbocycles. The molecular formula is C16H22N2. The standard InChI is InChI=1S/C16H22N2/c1-2-6-13(7-3-1)8-4-5-9-14-10-15(14)16-11-17-12-18-16/h11-15H,1-4,6-8,10H2,(H,17,18)/t14-,15-/m0/s1. The fraction of sp³-hybridized carbons (Fsp3) is 0.688. The van der Waals surface area contributed by atoms with Crippen LogP contribution in [-0.4, -0.2) is 9.97 Å². The Labute approximate surface area is 110 Å². The van der Waals surface area contributed by atoms with Crippen LogP contribution in [0, 0.1) is 23.7 Å². The fourth-order valence-electron chi connectivity index (χ4n) is 3.12.